The number of phenolic OH excluding ortho intramolecular Hbond substituents is 1. The Hall–Kier alpha value is -4.68. The van der Waals surface area contributed by atoms with Crippen LogP contribution in [0.25, 0.3) is 66.7 Å². The lowest BCUT2D eigenvalue weighted by molar-refractivity contribution is 0.446. The van der Waals surface area contributed by atoms with Crippen molar-refractivity contribution >= 4 is 46.2 Å². The van der Waals surface area contributed by atoms with E-state index in [9.17, 15) is 5.11 Å². The average molecular weight is 652 g/mol. The highest BCUT2D eigenvalue weighted by Crippen LogP contribution is 2.44. The molecule has 0 unspecified atom stereocenters. The molecule has 0 amide bonds. The van der Waals surface area contributed by atoms with Crippen LogP contribution in [0.2, 0.25) is 19.6 Å². The second kappa shape index (κ2) is 10.9. The first-order valence-electron chi connectivity index (χ1n) is 16.8. The lowest BCUT2D eigenvalue weighted by atomic mass is 9.79. The van der Waals surface area contributed by atoms with Gasteiger partial charge in [-0.25, -0.2) is 4.98 Å². The molecule has 3 aromatic heterocycles. The van der Waals surface area contributed by atoms with Crippen molar-refractivity contribution in [1.82, 2.24) is 14.5 Å². The molecule has 0 aliphatic carbocycles. The van der Waals surface area contributed by atoms with E-state index in [1.54, 1.807) is 0 Å². The van der Waals surface area contributed by atoms with Crippen LogP contribution in [0.15, 0.2) is 89.5 Å². The second-order valence-corrected chi connectivity index (χ2v) is 21.3. The highest BCUT2D eigenvalue weighted by Gasteiger charge is 2.28. The highest BCUT2D eigenvalue weighted by molar-refractivity contribution is 6.88. The third-order valence-corrected chi connectivity index (χ3v) is 11.7. The molecule has 0 spiro atoms. The summed E-state index contributed by atoms with van der Waals surface area (Å²) < 4.78 is 8.61. The summed E-state index contributed by atoms with van der Waals surface area (Å²) >= 11 is 0. The fourth-order valence-electron chi connectivity index (χ4n) is 6.67. The van der Waals surface area contributed by atoms with Crippen molar-refractivity contribution in [2.75, 3.05) is 0 Å². The number of imidazole rings is 1. The summed E-state index contributed by atoms with van der Waals surface area (Å²) in [4.78, 5) is 10.3. The summed E-state index contributed by atoms with van der Waals surface area (Å²) in [6.07, 6.45) is 2.04. The zero-order valence-electron chi connectivity index (χ0n) is 29.8. The molecule has 7 rings (SSSR count). The number of fused-ring (bicyclic) bond motifs is 4. The Kier molecular flexibility index (Phi) is 7.26. The van der Waals surface area contributed by atoms with Crippen LogP contribution in [0.1, 0.15) is 52.7 Å². The van der Waals surface area contributed by atoms with Gasteiger partial charge in [-0.15, -0.1) is 0 Å². The molecule has 244 valence electrons. The fourth-order valence-corrected chi connectivity index (χ4v) is 7.70. The van der Waals surface area contributed by atoms with E-state index in [0.717, 1.165) is 72.3 Å². The van der Waals surface area contributed by atoms with Gasteiger partial charge in [-0.05, 0) is 63.5 Å². The second-order valence-electron chi connectivity index (χ2n) is 16.3. The molecular formula is C42H45N3O2Si. The first kappa shape index (κ1) is 31.9. The van der Waals surface area contributed by atoms with Crippen LogP contribution >= 0.6 is 0 Å². The standard InChI is InChI=1S/C42H45N3O2Si/c1-41(2,3)26-22-32(38(46)33(23-26)42(4,5)6)40-44-37-28(15-13-16-35(37)45(40)7)25-20-30-29-14-11-12-17-36(29)47-39(30)31(21-25)34-19-18-27(24-43-34)48(8,9)10/h11-24,46H,1-10H3. The summed E-state index contributed by atoms with van der Waals surface area (Å²) in [5, 5.41) is 15.2. The molecule has 3 heterocycles. The molecule has 6 heteroatoms. The topological polar surface area (TPSA) is 64.1 Å². The molecule has 4 aromatic carbocycles. The summed E-state index contributed by atoms with van der Waals surface area (Å²) in [6.45, 7) is 20.1. The van der Waals surface area contributed by atoms with E-state index in [1.165, 1.54) is 10.8 Å². The van der Waals surface area contributed by atoms with Crippen LogP contribution < -0.4 is 5.19 Å². The first-order valence-corrected chi connectivity index (χ1v) is 20.3. The molecule has 0 aliphatic rings. The van der Waals surface area contributed by atoms with Crippen LogP contribution in [0.4, 0.5) is 0 Å². The lowest BCUT2D eigenvalue weighted by Gasteiger charge is -2.27. The van der Waals surface area contributed by atoms with Crippen molar-refractivity contribution in [3.8, 4) is 39.5 Å². The van der Waals surface area contributed by atoms with Gasteiger partial charge in [0.05, 0.1) is 30.4 Å². The van der Waals surface area contributed by atoms with Crippen LogP contribution in [-0.2, 0) is 17.9 Å². The van der Waals surface area contributed by atoms with Gasteiger partial charge in [0.25, 0.3) is 0 Å². The molecule has 0 bridgehead atoms. The van der Waals surface area contributed by atoms with Crippen LogP contribution in [0, 0.1) is 0 Å². The van der Waals surface area contributed by atoms with Gasteiger partial charge < -0.3 is 14.1 Å². The number of phenols is 1. The Morgan fingerprint density at radius 1 is 0.750 bits per heavy atom. The van der Waals surface area contributed by atoms with Crippen molar-refractivity contribution in [2.45, 2.75) is 72.0 Å². The minimum absolute atomic E-state index is 0.0985. The molecule has 0 fully saturated rings. The van der Waals surface area contributed by atoms with E-state index in [4.69, 9.17) is 14.4 Å². The normalized spacial score (nSPS) is 12.9. The lowest BCUT2D eigenvalue weighted by Crippen LogP contribution is -2.37. The molecule has 0 saturated heterocycles. The number of furan rings is 1. The molecule has 5 nitrogen and oxygen atoms in total. The first-order chi connectivity index (χ1) is 22.5. The number of hydrogen-bond donors (Lipinski definition) is 1. The summed E-state index contributed by atoms with van der Waals surface area (Å²) in [5.74, 6) is 1.03. The molecule has 0 aliphatic heterocycles. The third-order valence-electron chi connectivity index (χ3n) is 9.63. The predicted octanol–water partition coefficient (Wildman–Crippen LogP) is 10.7. The number of nitrogens with zero attached hydrogens (tertiary/aromatic N) is 3. The van der Waals surface area contributed by atoms with Crippen molar-refractivity contribution < 1.29 is 9.52 Å². The maximum absolute atomic E-state index is 11.8. The molecule has 7 aromatic rings. The quantitative estimate of drug-likeness (QED) is 0.192. The third kappa shape index (κ3) is 5.32. The monoisotopic (exact) mass is 651 g/mol. The number of para-hydroxylation sites is 2. The number of pyridine rings is 1. The molecular weight excluding hydrogens is 607 g/mol. The number of rotatable bonds is 4. The Morgan fingerprint density at radius 3 is 2.17 bits per heavy atom. The van der Waals surface area contributed by atoms with Crippen molar-refractivity contribution in [2.24, 2.45) is 7.05 Å². The van der Waals surface area contributed by atoms with E-state index in [-0.39, 0.29) is 16.6 Å². The highest BCUT2D eigenvalue weighted by atomic mass is 28.3. The van der Waals surface area contributed by atoms with E-state index in [2.05, 4.69) is 132 Å². The smallest absolute Gasteiger partial charge is 0.144 e. The van der Waals surface area contributed by atoms with Gasteiger partial charge in [-0.1, -0.05) is 104 Å². The van der Waals surface area contributed by atoms with Crippen molar-refractivity contribution in [3.63, 3.8) is 0 Å². The Morgan fingerprint density at radius 2 is 1.50 bits per heavy atom. The zero-order chi connectivity index (χ0) is 34.3. The van der Waals surface area contributed by atoms with E-state index < -0.39 is 8.07 Å². The zero-order valence-corrected chi connectivity index (χ0v) is 30.8. The molecule has 0 radical (unpaired) electrons. The summed E-state index contributed by atoms with van der Waals surface area (Å²) in [5.41, 5.74) is 9.97. The van der Waals surface area contributed by atoms with E-state index in [1.807, 2.05) is 25.4 Å². The van der Waals surface area contributed by atoms with Crippen molar-refractivity contribution in [3.05, 3.63) is 96.2 Å². The molecule has 48 heavy (non-hydrogen) atoms. The fraction of sp³-hybridized carbons (Fsp3) is 0.286. The summed E-state index contributed by atoms with van der Waals surface area (Å²) in [6, 6.07) is 27.6. The van der Waals surface area contributed by atoms with Gasteiger partial charge in [-0.3, -0.25) is 4.98 Å². The van der Waals surface area contributed by atoms with Gasteiger partial charge >= 0.3 is 0 Å². The Bertz CT molecular complexity index is 2360. The number of aromatic nitrogens is 3. The Labute approximate surface area is 284 Å². The minimum Gasteiger partial charge on any atom is -0.507 e. The van der Waals surface area contributed by atoms with Crippen LogP contribution in [0.3, 0.4) is 0 Å². The molecule has 1 N–H and O–H groups in total. The van der Waals surface area contributed by atoms with Gasteiger partial charge in [0.2, 0.25) is 0 Å². The molecule has 0 atom stereocenters. The van der Waals surface area contributed by atoms with Gasteiger partial charge in [0.15, 0.2) is 0 Å². The van der Waals surface area contributed by atoms with Gasteiger partial charge in [0.1, 0.15) is 22.7 Å². The maximum Gasteiger partial charge on any atom is 0.144 e. The predicted molar refractivity (Wildman–Crippen MR) is 204 cm³/mol. The van der Waals surface area contributed by atoms with Gasteiger partial charge in [0, 0.05) is 40.7 Å². The van der Waals surface area contributed by atoms with E-state index in [0.29, 0.717) is 0 Å². The maximum atomic E-state index is 11.8. The average Bonchev–Trinajstić information content (AvgIpc) is 3.57. The Balaban J connectivity index is 1.48. The largest absolute Gasteiger partial charge is 0.507 e. The van der Waals surface area contributed by atoms with Crippen LogP contribution in [0.5, 0.6) is 5.75 Å². The van der Waals surface area contributed by atoms with Crippen molar-refractivity contribution in [1.29, 1.82) is 0 Å². The number of aromatic hydroxyl groups is 1. The van der Waals surface area contributed by atoms with Gasteiger partial charge in [-0.2, -0.15) is 0 Å². The number of aryl methyl sites for hydroxylation is 1. The van der Waals surface area contributed by atoms with E-state index >= 15 is 0 Å². The minimum atomic E-state index is -1.51. The summed E-state index contributed by atoms with van der Waals surface area (Å²) in [7, 11) is 0.529. The number of benzene rings is 4. The number of hydrogen-bond acceptors (Lipinski definition) is 4. The molecule has 0 saturated carbocycles. The van der Waals surface area contributed by atoms with Crippen LogP contribution in [-0.4, -0.2) is 27.7 Å². The SMILES string of the molecule is Cn1c(-c2cc(C(C)(C)C)cc(C(C)(C)C)c2O)nc2c(-c3cc(-c4ccc([Si](C)(C)C)cn4)c4oc5ccccc5c4c3)cccc21.